The van der Waals surface area contributed by atoms with E-state index in [2.05, 4.69) is 4.98 Å². The Bertz CT molecular complexity index is 716. The van der Waals surface area contributed by atoms with Gasteiger partial charge in [-0.15, -0.1) is 0 Å². The van der Waals surface area contributed by atoms with Crippen molar-refractivity contribution in [1.29, 1.82) is 0 Å². The molecule has 2 aromatic heterocycles. The number of fused-ring (bicyclic) bond motifs is 3. The first kappa shape index (κ1) is 13.0. The third-order valence-electron chi connectivity index (χ3n) is 3.89. The van der Waals surface area contributed by atoms with Crippen LogP contribution in [0.5, 0.6) is 5.75 Å². The fraction of sp³-hybridized carbons (Fsp3) is 0.467. The average Bonchev–Trinajstić information content (AvgIpc) is 2.90. The number of nitrogens with zero attached hydrogens (tertiary/aromatic N) is 3. The Kier molecular flexibility index (Phi) is 2.74. The molecule has 1 aliphatic rings. The predicted octanol–water partition coefficient (Wildman–Crippen LogP) is 1.98. The Morgan fingerprint density at radius 3 is 2.80 bits per heavy atom. The largest absolute Gasteiger partial charge is 0.486 e. The van der Waals surface area contributed by atoms with Gasteiger partial charge in [-0.2, -0.15) is 0 Å². The number of hydrogen-bond donors (Lipinski definition) is 0. The molecule has 1 atom stereocenters. The van der Waals surface area contributed by atoms with E-state index in [4.69, 9.17) is 4.74 Å². The highest BCUT2D eigenvalue weighted by molar-refractivity contribution is 5.97. The Morgan fingerprint density at radius 2 is 2.15 bits per heavy atom. The van der Waals surface area contributed by atoms with E-state index in [0.717, 1.165) is 34.8 Å². The maximum atomic E-state index is 12.4. The van der Waals surface area contributed by atoms with Crippen molar-refractivity contribution in [2.75, 3.05) is 14.1 Å². The topological polar surface area (TPSA) is 46.8 Å². The SMILES string of the molecule is Cc1nc2c3c(c(C(=O)N(C)C)cn2c1C)CC(C)O3. The monoisotopic (exact) mass is 273 g/mol. The highest BCUT2D eigenvalue weighted by atomic mass is 16.5. The molecule has 5 heteroatoms. The van der Waals surface area contributed by atoms with Gasteiger partial charge in [-0.1, -0.05) is 0 Å². The van der Waals surface area contributed by atoms with E-state index in [9.17, 15) is 4.79 Å². The van der Waals surface area contributed by atoms with Crippen molar-refractivity contribution in [3.63, 3.8) is 0 Å². The molecule has 0 aromatic carbocycles. The second-order valence-corrected chi connectivity index (χ2v) is 5.66. The minimum absolute atomic E-state index is 0.00611. The molecule has 20 heavy (non-hydrogen) atoms. The van der Waals surface area contributed by atoms with Gasteiger partial charge in [0, 0.05) is 38.0 Å². The van der Waals surface area contributed by atoms with Gasteiger partial charge in [0.2, 0.25) is 0 Å². The molecule has 0 saturated heterocycles. The minimum Gasteiger partial charge on any atom is -0.486 e. The van der Waals surface area contributed by atoms with Crippen molar-refractivity contribution in [3.05, 3.63) is 28.7 Å². The van der Waals surface area contributed by atoms with Gasteiger partial charge >= 0.3 is 0 Å². The summed E-state index contributed by atoms with van der Waals surface area (Å²) in [5, 5.41) is 0. The first-order valence-electron chi connectivity index (χ1n) is 6.79. The summed E-state index contributed by atoms with van der Waals surface area (Å²) in [6.45, 7) is 5.99. The summed E-state index contributed by atoms with van der Waals surface area (Å²) in [6.07, 6.45) is 2.74. The molecule has 3 rings (SSSR count). The molecule has 0 aliphatic carbocycles. The van der Waals surface area contributed by atoms with Crippen LogP contribution in [0.4, 0.5) is 0 Å². The molecule has 0 N–H and O–H groups in total. The first-order chi connectivity index (χ1) is 9.40. The number of imidazole rings is 1. The smallest absolute Gasteiger partial charge is 0.255 e. The van der Waals surface area contributed by atoms with Gasteiger partial charge in [0.05, 0.1) is 11.3 Å². The highest BCUT2D eigenvalue weighted by Gasteiger charge is 2.30. The van der Waals surface area contributed by atoms with Crippen LogP contribution in [0.2, 0.25) is 0 Å². The van der Waals surface area contributed by atoms with Gasteiger partial charge in [0.15, 0.2) is 11.4 Å². The molecular formula is C15H19N3O2. The number of rotatable bonds is 1. The van der Waals surface area contributed by atoms with E-state index >= 15 is 0 Å². The van der Waals surface area contributed by atoms with Crippen LogP contribution in [0, 0.1) is 13.8 Å². The molecule has 1 unspecified atom stereocenters. The fourth-order valence-electron chi connectivity index (χ4n) is 2.69. The van der Waals surface area contributed by atoms with E-state index in [-0.39, 0.29) is 12.0 Å². The number of pyridine rings is 1. The summed E-state index contributed by atoms with van der Waals surface area (Å²) in [4.78, 5) is 18.6. The second kappa shape index (κ2) is 4.23. The molecule has 0 fully saturated rings. The second-order valence-electron chi connectivity index (χ2n) is 5.66. The molecular weight excluding hydrogens is 254 g/mol. The van der Waals surface area contributed by atoms with Crippen molar-refractivity contribution in [3.8, 4) is 5.75 Å². The van der Waals surface area contributed by atoms with Gasteiger partial charge in [-0.3, -0.25) is 4.79 Å². The van der Waals surface area contributed by atoms with Crippen molar-refractivity contribution < 1.29 is 9.53 Å². The van der Waals surface area contributed by atoms with Gasteiger partial charge in [0.25, 0.3) is 5.91 Å². The van der Waals surface area contributed by atoms with E-state index in [1.54, 1.807) is 19.0 Å². The highest BCUT2D eigenvalue weighted by Crippen LogP contribution is 2.36. The summed E-state index contributed by atoms with van der Waals surface area (Å²) in [5.41, 5.74) is 4.51. The normalized spacial score (nSPS) is 17.1. The van der Waals surface area contributed by atoms with Gasteiger partial charge in [0.1, 0.15) is 6.10 Å². The van der Waals surface area contributed by atoms with Crippen molar-refractivity contribution >= 4 is 11.6 Å². The molecule has 106 valence electrons. The molecule has 0 radical (unpaired) electrons. The molecule has 0 bridgehead atoms. The molecule has 1 amide bonds. The van der Waals surface area contributed by atoms with Crippen LogP contribution in [0.1, 0.15) is 34.2 Å². The van der Waals surface area contributed by atoms with Crippen LogP contribution in [0.3, 0.4) is 0 Å². The zero-order valence-electron chi connectivity index (χ0n) is 12.5. The maximum absolute atomic E-state index is 12.4. The van der Waals surface area contributed by atoms with Gasteiger partial charge in [-0.25, -0.2) is 4.98 Å². The lowest BCUT2D eigenvalue weighted by molar-refractivity contribution is 0.0826. The lowest BCUT2D eigenvalue weighted by Crippen LogP contribution is -2.23. The predicted molar refractivity (Wildman–Crippen MR) is 76.5 cm³/mol. The van der Waals surface area contributed by atoms with Gasteiger partial charge < -0.3 is 14.0 Å². The zero-order chi connectivity index (χ0) is 14.6. The first-order valence-corrected chi connectivity index (χ1v) is 6.79. The summed E-state index contributed by atoms with van der Waals surface area (Å²) in [5.74, 6) is 0.771. The van der Waals surface area contributed by atoms with Crippen LogP contribution in [0.25, 0.3) is 5.65 Å². The molecule has 1 aliphatic heterocycles. The quantitative estimate of drug-likeness (QED) is 0.798. The number of aryl methyl sites for hydroxylation is 2. The van der Waals surface area contributed by atoms with Gasteiger partial charge in [-0.05, 0) is 20.8 Å². The number of carbonyl (C=O) groups is 1. The molecule has 5 nitrogen and oxygen atoms in total. The van der Waals surface area contributed by atoms with Crippen molar-refractivity contribution in [2.24, 2.45) is 0 Å². The van der Waals surface area contributed by atoms with E-state index in [0.29, 0.717) is 5.56 Å². The van der Waals surface area contributed by atoms with Crippen molar-refractivity contribution in [1.82, 2.24) is 14.3 Å². The standard InChI is InChI=1S/C15H19N3O2/c1-8-6-11-12(15(19)17(4)5)7-18-10(3)9(2)16-14(18)13(11)20-8/h7-8H,6H2,1-5H3. The lowest BCUT2D eigenvalue weighted by atomic mass is 10.0. The number of carbonyl (C=O) groups excluding carboxylic acids is 1. The maximum Gasteiger partial charge on any atom is 0.255 e. The molecule has 0 spiro atoms. The third kappa shape index (κ3) is 1.69. The summed E-state index contributed by atoms with van der Waals surface area (Å²) < 4.78 is 7.87. The summed E-state index contributed by atoms with van der Waals surface area (Å²) in [7, 11) is 3.54. The van der Waals surface area contributed by atoms with E-state index in [1.807, 2.05) is 31.4 Å². The molecule has 0 saturated carbocycles. The van der Waals surface area contributed by atoms with E-state index < -0.39 is 0 Å². The van der Waals surface area contributed by atoms with Crippen molar-refractivity contribution in [2.45, 2.75) is 33.3 Å². The lowest BCUT2D eigenvalue weighted by Gasteiger charge is -2.14. The zero-order valence-corrected chi connectivity index (χ0v) is 12.5. The Balaban J connectivity index is 2.34. The Morgan fingerprint density at radius 1 is 1.45 bits per heavy atom. The summed E-state index contributed by atoms with van der Waals surface area (Å²) >= 11 is 0. The molecule has 3 heterocycles. The average molecular weight is 273 g/mol. The third-order valence-corrected chi connectivity index (χ3v) is 3.89. The van der Waals surface area contributed by atoms with Crippen LogP contribution in [-0.2, 0) is 6.42 Å². The van der Waals surface area contributed by atoms with Crippen LogP contribution in [-0.4, -0.2) is 40.4 Å². The number of aromatic nitrogens is 2. The minimum atomic E-state index is 0.00611. The fourth-order valence-corrected chi connectivity index (χ4v) is 2.69. The number of amides is 1. The van der Waals surface area contributed by atoms with Crippen LogP contribution < -0.4 is 4.74 Å². The number of hydrogen-bond acceptors (Lipinski definition) is 3. The Labute approximate surface area is 118 Å². The van der Waals surface area contributed by atoms with Crippen LogP contribution in [0.15, 0.2) is 6.20 Å². The Hall–Kier alpha value is -2.04. The summed E-state index contributed by atoms with van der Waals surface area (Å²) in [6, 6.07) is 0. The van der Waals surface area contributed by atoms with Crippen LogP contribution >= 0.6 is 0 Å². The number of ether oxygens (including phenoxy) is 1. The molecule has 2 aromatic rings. The van der Waals surface area contributed by atoms with E-state index in [1.165, 1.54) is 0 Å².